The minimum Gasteiger partial charge on any atom is -0.373 e. The van der Waals surface area contributed by atoms with Crippen LogP contribution in [0.2, 0.25) is 0 Å². The van der Waals surface area contributed by atoms with Crippen molar-refractivity contribution < 1.29 is 0 Å². The number of anilines is 1. The zero-order valence-corrected chi connectivity index (χ0v) is 9.16. The summed E-state index contributed by atoms with van der Waals surface area (Å²) in [5, 5.41) is 4.02. The Hall–Kier alpha value is -1.03. The number of aromatic nitrogens is 2. The summed E-state index contributed by atoms with van der Waals surface area (Å²) in [6, 6.07) is 1.57. The topological polar surface area (TPSA) is 38.1 Å². The third-order valence-corrected chi connectivity index (χ3v) is 2.24. The van der Waals surface area contributed by atoms with E-state index in [9.17, 15) is 4.79 Å². The Kier molecular flexibility index (Phi) is 3.95. The average molecular weight is 216 g/mol. The molecule has 1 aromatic rings. The van der Waals surface area contributed by atoms with Gasteiger partial charge in [-0.2, -0.15) is 5.10 Å². The lowest BCUT2D eigenvalue weighted by atomic mass is 10.4. The van der Waals surface area contributed by atoms with Crippen LogP contribution in [0, 0.1) is 0 Å². The third kappa shape index (κ3) is 2.48. The second-order valence-electron chi connectivity index (χ2n) is 2.98. The molecule has 0 aliphatic rings. The standard InChI is InChI=1S/C9H14ClN3O/c1-3-12(2)8-6-9(14)13(5-4-10)11-7-8/h6-7H,3-5H2,1-2H3. The molecular formula is C9H14ClN3O. The van der Waals surface area contributed by atoms with E-state index >= 15 is 0 Å². The fourth-order valence-electron chi connectivity index (χ4n) is 1.06. The lowest BCUT2D eigenvalue weighted by molar-refractivity contribution is 0.618. The van der Waals surface area contributed by atoms with E-state index in [0.29, 0.717) is 12.4 Å². The summed E-state index contributed by atoms with van der Waals surface area (Å²) in [4.78, 5) is 13.4. The third-order valence-electron chi connectivity index (χ3n) is 2.07. The monoisotopic (exact) mass is 215 g/mol. The highest BCUT2D eigenvalue weighted by atomic mass is 35.5. The smallest absolute Gasteiger partial charge is 0.268 e. The van der Waals surface area contributed by atoms with Gasteiger partial charge in [-0.05, 0) is 6.92 Å². The molecule has 4 nitrogen and oxygen atoms in total. The van der Waals surface area contributed by atoms with Gasteiger partial charge in [-0.25, -0.2) is 4.68 Å². The first-order valence-electron chi connectivity index (χ1n) is 4.53. The highest BCUT2D eigenvalue weighted by Crippen LogP contribution is 2.05. The number of hydrogen-bond donors (Lipinski definition) is 0. The Morgan fingerprint density at radius 2 is 2.36 bits per heavy atom. The Morgan fingerprint density at radius 3 is 2.86 bits per heavy atom. The average Bonchev–Trinajstić information content (AvgIpc) is 2.20. The highest BCUT2D eigenvalue weighted by Gasteiger charge is 2.02. The molecule has 0 radical (unpaired) electrons. The molecule has 0 bridgehead atoms. The Balaban J connectivity index is 2.94. The first kappa shape index (κ1) is 11.0. The number of alkyl halides is 1. The molecule has 0 saturated carbocycles. The summed E-state index contributed by atoms with van der Waals surface area (Å²) >= 11 is 5.53. The van der Waals surface area contributed by atoms with Gasteiger partial charge < -0.3 is 4.90 Å². The van der Waals surface area contributed by atoms with Crippen molar-refractivity contribution in [2.24, 2.45) is 0 Å². The molecule has 0 unspecified atom stereocenters. The van der Waals surface area contributed by atoms with Crippen molar-refractivity contribution in [2.75, 3.05) is 24.4 Å². The second-order valence-corrected chi connectivity index (χ2v) is 3.36. The van der Waals surface area contributed by atoms with Gasteiger partial charge in [0.15, 0.2) is 0 Å². The molecule has 0 N–H and O–H groups in total. The van der Waals surface area contributed by atoms with Crippen LogP contribution >= 0.6 is 11.6 Å². The molecule has 0 saturated heterocycles. The number of rotatable bonds is 4. The van der Waals surface area contributed by atoms with Crippen LogP contribution in [0.15, 0.2) is 17.1 Å². The lowest BCUT2D eigenvalue weighted by Gasteiger charge is -2.15. The van der Waals surface area contributed by atoms with Gasteiger partial charge in [0.05, 0.1) is 18.4 Å². The molecule has 0 aliphatic heterocycles. The van der Waals surface area contributed by atoms with Crippen molar-refractivity contribution >= 4 is 17.3 Å². The first-order valence-corrected chi connectivity index (χ1v) is 5.06. The molecule has 0 atom stereocenters. The predicted molar refractivity (Wildman–Crippen MR) is 58.2 cm³/mol. The molecular weight excluding hydrogens is 202 g/mol. The maximum absolute atomic E-state index is 11.5. The van der Waals surface area contributed by atoms with Gasteiger partial charge in [0.1, 0.15) is 0 Å². The van der Waals surface area contributed by atoms with Crippen LogP contribution in [0.4, 0.5) is 5.69 Å². The summed E-state index contributed by atoms with van der Waals surface area (Å²) in [5.74, 6) is 0.399. The fraction of sp³-hybridized carbons (Fsp3) is 0.556. The Labute approximate surface area is 88.1 Å². The van der Waals surface area contributed by atoms with Crippen LogP contribution in [0.1, 0.15) is 6.92 Å². The molecule has 0 aliphatic carbocycles. The fourth-order valence-corrected chi connectivity index (χ4v) is 1.22. The number of halogens is 1. The molecule has 1 aromatic heterocycles. The largest absolute Gasteiger partial charge is 0.373 e. The maximum Gasteiger partial charge on any atom is 0.268 e. The summed E-state index contributed by atoms with van der Waals surface area (Å²) in [6.45, 7) is 3.32. The van der Waals surface area contributed by atoms with Crippen LogP contribution in [0.25, 0.3) is 0 Å². The Bertz CT molecular complexity index is 350. The van der Waals surface area contributed by atoms with Gasteiger partial charge in [-0.1, -0.05) is 0 Å². The summed E-state index contributed by atoms with van der Waals surface area (Å²) in [5.41, 5.74) is 0.728. The minimum absolute atomic E-state index is 0.108. The molecule has 5 heteroatoms. The molecule has 78 valence electrons. The van der Waals surface area contributed by atoms with Crippen molar-refractivity contribution in [3.05, 3.63) is 22.6 Å². The van der Waals surface area contributed by atoms with Crippen molar-refractivity contribution in [3.8, 4) is 0 Å². The number of hydrogen-bond acceptors (Lipinski definition) is 3. The van der Waals surface area contributed by atoms with Crippen LogP contribution in [0.5, 0.6) is 0 Å². The minimum atomic E-state index is -0.108. The van der Waals surface area contributed by atoms with Crippen molar-refractivity contribution in [1.82, 2.24) is 9.78 Å². The van der Waals surface area contributed by atoms with Crippen LogP contribution in [-0.4, -0.2) is 29.3 Å². The van der Waals surface area contributed by atoms with Crippen LogP contribution in [0.3, 0.4) is 0 Å². The second kappa shape index (κ2) is 5.00. The molecule has 1 heterocycles. The van der Waals surface area contributed by atoms with Gasteiger partial charge in [-0.15, -0.1) is 11.6 Å². The van der Waals surface area contributed by atoms with E-state index in [1.54, 1.807) is 12.3 Å². The van der Waals surface area contributed by atoms with Crippen LogP contribution < -0.4 is 10.5 Å². The van der Waals surface area contributed by atoms with Gasteiger partial charge in [0.2, 0.25) is 0 Å². The van der Waals surface area contributed by atoms with E-state index < -0.39 is 0 Å². The highest BCUT2D eigenvalue weighted by molar-refractivity contribution is 6.17. The van der Waals surface area contributed by atoms with E-state index in [1.165, 1.54) is 4.68 Å². The maximum atomic E-state index is 11.5. The zero-order chi connectivity index (χ0) is 10.6. The van der Waals surface area contributed by atoms with Crippen molar-refractivity contribution in [2.45, 2.75) is 13.5 Å². The van der Waals surface area contributed by atoms with Crippen LogP contribution in [-0.2, 0) is 6.54 Å². The van der Waals surface area contributed by atoms with Gasteiger partial charge in [-0.3, -0.25) is 4.79 Å². The first-order chi connectivity index (χ1) is 6.69. The molecule has 0 aromatic carbocycles. The Morgan fingerprint density at radius 1 is 1.64 bits per heavy atom. The van der Waals surface area contributed by atoms with E-state index in [2.05, 4.69) is 5.10 Å². The molecule has 14 heavy (non-hydrogen) atoms. The van der Waals surface area contributed by atoms with Gasteiger partial charge in [0.25, 0.3) is 5.56 Å². The van der Waals surface area contributed by atoms with E-state index in [-0.39, 0.29) is 5.56 Å². The predicted octanol–water partition coefficient (Wildman–Crippen LogP) is 0.938. The van der Waals surface area contributed by atoms with Gasteiger partial charge >= 0.3 is 0 Å². The number of nitrogens with zero attached hydrogens (tertiary/aromatic N) is 3. The molecule has 1 rings (SSSR count). The number of aryl methyl sites for hydroxylation is 1. The summed E-state index contributed by atoms with van der Waals surface area (Å²) in [7, 11) is 1.92. The summed E-state index contributed by atoms with van der Waals surface area (Å²) < 4.78 is 1.36. The molecule has 0 amide bonds. The molecule has 0 fully saturated rings. The van der Waals surface area contributed by atoms with E-state index in [1.807, 2.05) is 18.9 Å². The molecule has 0 spiro atoms. The quantitative estimate of drug-likeness (QED) is 0.702. The van der Waals surface area contributed by atoms with Crippen molar-refractivity contribution in [3.63, 3.8) is 0 Å². The van der Waals surface area contributed by atoms with Crippen molar-refractivity contribution in [1.29, 1.82) is 0 Å². The lowest BCUT2D eigenvalue weighted by Crippen LogP contribution is -2.26. The van der Waals surface area contributed by atoms with E-state index in [4.69, 9.17) is 11.6 Å². The van der Waals surface area contributed by atoms with Gasteiger partial charge in [0, 0.05) is 25.5 Å². The summed E-state index contributed by atoms with van der Waals surface area (Å²) in [6.07, 6.45) is 1.68. The van der Waals surface area contributed by atoms with E-state index in [0.717, 1.165) is 12.2 Å². The normalized spacial score (nSPS) is 10.2. The SMILES string of the molecule is CCN(C)c1cnn(CCCl)c(=O)c1. The zero-order valence-electron chi connectivity index (χ0n) is 8.40.